The molecule has 0 unspecified atom stereocenters. The fourth-order valence-electron chi connectivity index (χ4n) is 10.0. The fraction of sp³-hybridized carbons (Fsp3) is 0.0526. The average molecular weight is 785 g/mol. The summed E-state index contributed by atoms with van der Waals surface area (Å²) in [7, 11) is 0. The van der Waals surface area contributed by atoms with Crippen LogP contribution in [0.2, 0.25) is 0 Å². The van der Waals surface area contributed by atoms with Crippen LogP contribution in [0.15, 0.2) is 206 Å². The largest absolute Gasteiger partial charge is 0.310 e. The van der Waals surface area contributed by atoms with E-state index in [9.17, 15) is 0 Å². The van der Waals surface area contributed by atoms with Crippen molar-refractivity contribution in [2.75, 3.05) is 4.90 Å². The fourth-order valence-corrected chi connectivity index (χ4v) is 11.2. The van der Waals surface area contributed by atoms with Gasteiger partial charge in [0, 0.05) is 53.4 Å². The summed E-state index contributed by atoms with van der Waals surface area (Å²) in [5, 5.41) is 5.18. The lowest BCUT2D eigenvalue weighted by Gasteiger charge is -2.32. The Hall–Kier alpha value is -7.20. The van der Waals surface area contributed by atoms with Gasteiger partial charge in [-0.25, -0.2) is 0 Å². The zero-order valence-electron chi connectivity index (χ0n) is 33.4. The van der Waals surface area contributed by atoms with Gasteiger partial charge in [-0.15, -0.1) is 11.3 Å². The topological polar surface area (TPSA) is 8.17 Å². The highest BCUT2D eigenvalue weighted by atomic mass is 32.1. The molecule has 0 fully saturated rings. The summed E-state index contributed by atoms with van der Waals surface area (Å²) in [6.45, 7) is 4.75. The maximum absolute atomic E-state index is 2.47. The van der Waals surface area contributed by atoms with E-state index in [4.69, 9.17) is 0 Å². The Morgan fingerprint density at radius 3 is 1.85 bits per heavy atom. The molecule has 2 heterocycles. The number of rotatable bonds is 6. The van der Waals surface area contributed by atoms with E-state index < -0.39 is 0 Å². The number of nitrogens with zero attached hydrogens (tertiary/aromatic N) is 2. The molecule has 0 amide bonds. The molecule has 1 aliphatic rings. The third-order valence-corrected chi connectivity index (χ3v) is 13.9. The van der Waals surface area contributed by atoms with Gasteiger partial charge in [0.1, 0.15) is 0 Å². The van der Waals surface area contributed by atoms with E-state index in [1.165, 1.54) is 97.9 Å². The lowest BCUT2D eigenvalue weighted by atomic mass is 9.81. The molecule has 0 aliphatic heterocycles. The van der Waals surface area contributed by atoms with Crippen LogP contribution in [0.4, 0.5) is 17.1 Å². The first-order chi connectivity index (χ1) is 29.5. The number of hydrogen-bond donors (Lipinski definition) is 0. The number of fused-ring (bicyclic) bond motifs is 9. The van der Waals surface area contributed by atoms with Crippen LogP contribution >= 0.6 is 11.3 Å². The smallest absolute Gasteiger partial charge is 0.0547 e. The van der Waals surface area contributed by atoms with Crippen LogP contribution in [0.3, 0.4) is 0 Å². The zero-order chi connectivity index (χ0) is 40.0. The maximum atomic E-state index is 2.47. The second-order valence-electron chi connectivity index (χ2n) is 16.5. The summed E-state index contributed by atoms with van der Waals surface area (Å²) >= 11 is 1.87. The third kappa shape index (κ3) is 5.26. The van der Waals surface area contributed by atoms with Gasteiger partial charge in [-0.3, -0.25) is 0 Å². The van der Waals surface area contributed by atoms with Crippen LogP contribution in [0.25, 0.3) is 81.0 Å². The minimum atomic E-state index is -0.178. The second-order valence-corrected chi connectivity index (χ2v) is 17.6. The summed E-state index contributed by atoms with van der Waals surface area (Å²) in [4.78, 5) is 2.47. The minimum absolute atomic E-state index is 0.178. The highest BCUT2D eigenvalue weighted by molar-refractivity contribution is 7.25. The number of thiophene rings is 1. The molecule has 60 heavy (non-hydrogen) atoms. The van der Waals surface area contributed by atoms with Gasteiger partial charge in [-0.2, -0.15) is 0 Å². The van der Waals surface area contributed by atoms with Crippen molar-refractivity contribution in [1.82, 2.24) is 4.57 Å². The summed E-state index contributed by atoms with van der Waals surface area (Å²) in [6.07, 6.45) is 0. The predicted octanol–water partition coefficient (Wildman–Crippen LogP) is 16.3. The average Bonchev–Trinajstić information content (AvgIpc) is 3.93. The Labute approximate surface area is 353 Å². The molecule has 11 aromatic rings. The molecule has 0 spiro atoms. The highest BCUT2D eigenvalue weighted by Gasteiger charge is 2.38. The van der Waals surface area contributed by atoms with Gasteiger partial charge in [0.15, 0.2) is 0 Å². The number of benzene rings is 9. The van der Waals surface area contributed by atoms with Gasteiger partial charge in [0.25, 0.3) is 0 Å². The van der Waals surface area contributed by atoms with E-state index in [2.05, 4.69) is 230 Å². The Bertz CT molecular complexity index is 3440. The van der Waals surface area contributed by atoms with Crippen LogP contribution in [0, 0.1) is 0 Å². The molecule has 12 rings (SSSR count). The molecule has 1 aliphatic carbocycles. The zero-order valence-corrected chi connectivity index (χ0v) is 34.2. The van der Waals surface area contributed by atoms with Gasteiger partial charge in [-0.1, -0.05) is 153 Å². The van der Waals surface area contributed by atoms with Crippen molar-refractivity contribution in [3.63, 3.8) is 0 Å². The Balaban J connectivity index is 0.997. The Morgan fingerprint density at radius 1 is 0.433 bits per heavy atom. The van der Waals surface area contributed by atoms with Crippen molar-refractivity contribution in [2.24, 2.45) is 0 Å². The van der Waals surface area contributed by atoms with Gasteiger partial charge in [0.2, 0.25) is 0 Å². The Kier molecular flexibility index (Phi) is 7.79. The van der Waals surface area contributed by atoms with Crippen molar-refractivity contribution >= 4 is 70.4 Å². The van der Waals surface area contributed by atoms with Crippen molar-refractivity contribution in [3.8, 4) is 39.1 Å². The van der Waals surface area contributed by atoms with E-state index in [0.29, 0.717) is 0 Å². The first-order valence-electron chi connectivity index (χ1n) is 20.8. The van der Waals surface area contributed by atoms with Crippen molar-refractivity contribution in [3.05, 3.63) is 217 Å². The first kappa shape index (κ1) is 34.8. The summed E-state index contributed by atoms with van der Waals surface area (Å²) in [5.74, 6) is 0. The first-order valence-corrected chi connectivity index (χ1v) is 21.6. The molecule has 9 aromatic carbocycles. The monoisotopic (exact) mass is 784 g/mol. The van der Waals surface area contributed by atoms with Gasteiger partial charge in [0.05, 0.1) is 16.7 Å². The molecule has 0 bridgehead atoms. The number of hydrogen-bond acceptors (Lipinski definition) is 2. The lowest BCUT2D eigenvalue weighted by Crippen LogP contribution is -2.20. The van der Waals surface area contributed by atoms with Crippen molar-refractivity contribution in [2.45, 2.75) is 19.3 Å². The molecule has 2 nitrogen and oxygen atoms in total. The predicted molar refractivity (Wildman–Crippen MR) is 257 cm³/mol. The minimum Gasteiger partial charge on any atom is -0.310 e. The van der Waals surface area contributed by atoms with E-state index in [1.54, 1.807) is 0 Å². The standard InChI is InChI=1S/C57H40N2S/c1-57(2)49-21-9-6-16-44(49)47-20-13-24-52(56(47)57)58(41-31-26-37(27-32-41)39-30-35-46-45-17-8-11-25-53(45)60-54(46)36-39)42-33-28-38(29-34-42)43-19-12-23-51-55(43)48-18-7-10-22-50(48)59(51)40-14-4-3-5-15-40/h3-36H,1-2H3. The highest BCUT2D eigenvalue weighted by Crippen LogP contribution is 2.54. The molecule has 3 heteroatoms. The van der Waals surface area contributed by atoms with E-state index in [0.717, 1.165) is 11.4 Å². The molecule has 0 radical (unpaired) electrons. The van der Waals surface area contributed by atoms with Gasteiger partial charge >= 0.3 is 0 Å². The van der Waals surface area contributed by atoms with Crippen LogP contribution in [-0.2, 0) is 5.41 Å². The van der Waals surface area contributed by atoms with Gasteiger partial charge in [-0.05, 0) is 111 Å². The van der Waals surface area contributed by atoms with Crippen molar-refractivity contribution in [1.29, 1.82) is 0 Å². The molecule has 0 N–H and O–H groups in total. The number of anilines is 3. The molecule has 0 saturated carbocycles. The molecule has 0 saturated heterocycles. The molecular formula is C57H40N2S. The van der Waals surface area contributed by atoms with Crippen molar-refractivity contribution < 1.29 is 0 Å². The number of para-hydroxylation sites is 2. The number of aromatic nitrogens is 1. The van der Waals surface area contributed by atoms with Gasteiger partial charge < -0.3 is 9.47 Å². The lowest BCUT2D eigenvalue weighted by molar-refractivity contribution is 0.661. The molecule has 284 valence electrons. The van der Waals surface area contributed by atoms with E-state index >= 15 is 0 Å². The molecular weight excluding hydrogens is 745 g/mol. The molecule has 2 aromatic heterocycles. The summed E-state index contributed by atoms with van der Waals surface area (Å²) in [5.41, 5.74) is 17.1. The summed E-state index contributed by atoms with van der Waals surface area (Å²) in [6, 6.07) is 76.0. The van der Waals surface area contributed by atoms with Crippen LogP contribution in [-0.4, -0.2) is 4.57 Å². The Morgan fingerprint density at radius 2 is 1.03 bits per heavy atom. The van der Waals surface area contributed by atoms with E-state index in [1.807, 2.05) is 11.3 Å². The normalized spacial score (nSPS) is 13.0. The van der Waals surface area contributed by atoms with Crippen LogP contribution < -0.4 is 4.90 Å². The van der Waals surface area contributed by atoms with Crippen LogP contribution in [0.1, 0.15) is 25.0 Å². The second kappa shape index (κ2) is 13.4. The van der Waals surface area contributed by atoms with Crippen LogP contribution in [0.5, 0.6) is 0 Å². The molecule has 0 atom stereocenters. The quantitative estimate of drug-likeness (QED) is 0.163. The SMILES string of the molecule is CC1(C)c2ccccc2-c2cccc(N(c3ccc(-c4ccc5c(c4)sc4ccccc45)cc3)c3ccc(-c4cccc5c4c4ccccc4n5-c4ccccc4)cc3)c21. The third-order valence-electron chi connectivity index (χ3n) is 12.8. The maximum Gasteiger partial charge on any atom is 0.0547 e. The van der Waals surface area contributed by atoms with E-state index in [-0.39, 0.29) is 5.41 Å². The summed E-state index contributed by atoms with van der Waals surface area (Å²) < 4.78 is 5.05.